The molecule has 132 valence electrons. The van der Waals surface area contributed by atoms with Gasteiger partial charge in [0, 0.05) is 0 Å². The number of hydrogen-bond donors (Lipinski definition) is 1. The summed E-state index contributed by atoms with van der Waals surface area (Å²) in [5.41, 5.74) is 2.44. The molecule has 0 radical (unpaired) electrons. The molecule has 2 fully saturated rings. The van der Waals surface area contributed by atoms with Crippen LogP contribution in [0.4, 0.5) is 0 Å². The van der Waals surface area contributed by atoms with Gasteiger partial charge in [-0.2, -0.15) is 0 Å². The molecule has 0 heterocycles. The van der Waals surface area contributed by atoms with Gasteiger partial charge in [-0.05, 0) is 80.0 Å². The summed E-state index contributed by atoms with van der Waals surface area (Å²) in [5.74, 6) is 3.46. The molecule has 1 N–H and O–H groups in total. The van der Waals surface area contributed by atoms with E-state index in [2.05, 4.69) is 41.7 Å². The van der Waals surface area contributed by atoms with Gasteiger partial charge in [-0.3, -0.25) is 0 Å². The Morgan fingerprint density at radius 2 is 1.32 bits per heavy atom. The van der Waals surface area contributed by atoms with Crippen LogP contribution in [0.5, 0.6) is 11.5 Å². The fourth-order valence-electron chi connectivity index (χ4n) is 3.09. The highest BCUT2D eigenvalue weighted by Gasteiger charge is 2.23. The Hall–Kier alpha value is -2.00. The highest BCUT2D eigenvalue weighted by atomic mass is 16.5. The lowest BCUT2D eigenvalue weighted by atomic mass is 9.98. The smallest absolute Gasteiger partial charge is 0.119 e. The summed E-state index contributed by atoms with van der Waals surface area (Å²) < 4.78 is 11.9. The van der Waals surface area contributed by atoms with Gasteiger partial charge in [-0.1, -0.05) is 24.3 Å². The van der Waals surface area contributed by atoms with Crippen molar-refractivity contribution in [2.24, 2.45) is 11.8 Å². The van der Waals surface area contributed by atoms with Gasteiger partial charge in [0.25, 0.3) is 0 Å². The third-order valence-electron chi connectivity index (χ3n) is 5.04. The van der Waals surface area contributed by atoms with Gasteiger partial charge in [0.2, 0.25) is 0 Å². The number of benzene rings is 2. The first kappa shape index (κ1) is 16.5. The first-order chi connectivity index (χ1) is 12.3. The van der Waals surface area contributed by atoms with Gasteiger partial charge in [0.15, 0.2) is 0 Å². The molecule has 2 saturated carbocycles. The van der Waals surface area contributed by atoms with Crippen molar-refractivity contribution in [3.63, 3.8) is 0 Å². The van der Waals surface area contributed by atoms with E-state index in [1.54, 1.807) is 0 Å². The Morgan fingerprint density at radius 1 is 0.840 bits per heavy atom. The molecule has 0 aliphatic heterocycles. The van der Waals surface area contributed by atoms with Crippen molar-refractivity contribution >= 4 is 0 Å². The highest BCUT2D eigenvalue weighted by molar-refractivity contribution is 5.39. The Balaban J connectivity index is 1.48. The van der Waals surface area contributed by atoms with E-state index >= 15 is 0 Å². The molecule has 25 heavy (non-hydrogen) atoms. The number of rotatable bonds is 9. The standard InChI is InChI=1S/C22H27NO2/c1-23-22(18-4-2-6-20(12-18)24-14-16-8-9-16)19-5-3-7-21(13-19)25-15-17-10-11-17/h2-7,12-13,16-17,22-23H,8-11,14-15H2,1H3. The van der Waals surface area contributed by atoms with Crippen LogP contribution in [0.1, 0.15) is 42.9 Å². The lowest BCUT2D eigenvalue weighted by Crippen LogP contribution is -2.18. The second-order valence-electron chi connectivity index (χ2n) is 7.38. The summed E-state index contributed by atoms with van der Waals surface area (Å²) in [7, 11) is 2.00. The number of hydrogen-bond acceptors (Lipinski definition) is 3. The van der Waals surface area contributed by atoms with Gasteiger partial charge in [-0.25, -0.2) is 0 Å². The fraction of sp³-hybridized carbons (Fsp3) is 0.455. The lowest BCUT2D eigenvalue weighted by molar-refractivity contribution is 0.299. The van der Waals surface area contributed by atoms with Crippen molar-refractivity contribution in [1.29, 1.82) is 0 Å². The molecule has 0 saturated heterocycles. The van der Waals surface area contributed by atoms with E-state index in [4.69, 9.17) is 9.47 Å². The summed E-state index contributed by atoms with van der Waals surface area (Å²) in [4.78, 5) is 0. The molecule has 0 aromatic heterocycles. The van der Waals surface area contributed by atoms with Crippen LogP contribution in [0, 0.1) is 11.8 Å². The Labute approximate surface area is 150 Å². The first-order valence-electron chi connectivity index (χ1n) is 9.44. The summed E-state index contributed by atoms with van der Waals surface area (Å²) >= 11 is 0. The maximum atomic E-state index is 5.94. The number of nitrogens with one attached hydrogen (secondary N) is 1. The van der Waals surface area contributed by atoms with Gasteiger partial charge in [0.05, 0.1) is 19.3 Å². The van der Waals surface area contributed by atoms with Crippen LogP contribution in [0.15, 0.2) is 48.5 Å². The van der Waals surface area contributed by atoms with E-state index in [1.165, 1.54) is 36.8 Å². The van der Waals surface area contributed by atoms with Crippen molar-refractivity contribution in [2.75, 3.05) is 20.3 Å². The van der Waals surface area contributed by atoms with E-state index in [1.807, 2.05) is 19.2 Å². The van der Waals surface area contributed by atoms with Crippen molar-refractivity contribution in [2.45, 2.75) is 31.7 Å². The van der Waals surface area contributed by atoms with Crippen LogP contribution in [-0.4, -0.2) is 20.3 Å². The molecule has 0 amide bonds. The van der Waals surface area contributed by atoms with Crippen molar-refractivity contribution in [3.8, 4) is 11.5 Å². The van der Waals surface area contributed by atoms with E-state index < -0.39 is 0 Å². The minimum Gasteiger partial charge on any atom is -0.493 e. The normalized spacial score (nSPS) is 16.9. The first-order valence-corrected chi connectivity index (χ1v) is 9.44. The van der Waals surface area contributed by atoms with Crippen LogP contribution in [-0.2, 0) is 0 Å². The molecule has 0 unspecified atom stereocenters. The monoisotopic (exact) mass is 337 g/mol. The van der Waals surface area contributed by atoms with Crippen LogP contribution in [0.25, 0.3) is 0 Å². The molecular formula is C22H27NO2. The van der Waals surface area contributed by atoms with E-state index in [0.717, 1.165) is 36.5 Å². The topological polar surface area (TPSA) is 30.5 Å². The minimum atomic E-state index is 0.133. The molecule has 3 nitrogen and oxygen atoms in total. The van der Waals surface area contributed by atoms with Crippen LogP contribution in [0.2, 0.25) is 0 Å². The zero-order valence-electron chi connectivity index (χ0n) is 14.9. The Bertz CT molecular complexity index is 647. The average Bonchev–Trinajstić information content (AvgIpc) is 3.55. The summed E-state index contributed by atoms with van der Waals surface area (Å²) in [5, 5.41) is 3.43. The largest absolute Gasteiger partial charge is 0.493 e. The predicted molar refractivity (Wildman–Crippen MR) is 100 cm³/mol. The zero-order valence-corrected chi connectivity index (χ0v) is 14.9. The summed E-state index contributed by atoms with van der Waals surface area (Å²) in [6.45, 7) is 1.69. The maximum Gasteiger partial charge on any atom is 0.119 e. The van der Waals surface area contributed by atoms with Gasteiger partial charge in [0.1, 0.15) is 11.5 Å². The molecule has 0 bridgehead atoms. The second-order valence-corrected chi connectivity index (χ2v) is 7.38. The van der Waals surface area contributed by atoms with Crippen LogP contribution >= 0.6 is 0 Å². The third kappa shape index (κ3) is 4.55. The van der Waals surface area contributed by atoms with E-state index in [0.29, 0.717) is 0 Å². The molecule has 4 rings (SSSR count). The minimum absolute atomic E-state index is 0.133. The Kier molecular flexibility index (Phi) is 4.93. The molecule has 0 atom stereocenters. The molecule has 3 heteroatoms. The van der Waals surface area contributed by atoms with Crippen molar-refractivity contribution < 1.29 is 9.47 Å². The second kappa shape index (κ2) is 7.49. The summed E-state index contributed by atoms with van der Waals surface area (Å²) in [6, 6.07) is 17.0. The van der Waals surface area contributed by atoms with Gasteiger partial charge < -0.3 is 14.8 Å². The molecule has 2 aliphatic carbocycles. The van der Waals surface area contributed by atoms with Crippen molar-refractivity contribution in [1.82, 2.24) is 5.32 Å². The SMILES string of the molecule is CNC(c1cccc(OCC2CC2)c1)c1cccc(OCC2CC2)c1. The Morgan fingerprint density at radius 3 is 1.72 bits per heavy atom. The average molecular weight is 337 g/mol. The molecule has 2 aliphatic rings. The van der Waals surface area contributed by atoms with Gasteiger partial charge in [-0.15, -0.1) is 0 Å². The van der Waals surface area contributed by atoms with E-state index in [-0.39, 0.29) is 6.04 Å². The third-order valence-corrected chi connectivity index (χ3v) is 5.04. The zero-order chi connectivity index (χ0) is 17.1. The molecular weight excluding hydrogens is 310 g/mol. The molecule has 2 aromatic rings. The predicted octanol–water partition coefficient (Wildman–Crippen LogP) is 4.57. The highest BCUT2D eigenvalue weighted by Crippen LogP contribution is 2.32. The molecule has 2 aromatic carbocycles. The fourth-order valence-corrected chi connectivity index (χ4v) is 3.09. The number of ether oxygens (including phenoxy) is 2. The van der Waals surface area contributed by atoms with E-state index in [9.17, 15) is 0 Å². The van der Waals surface area contributed by atoms with Crippen molar-refractivity contribution in [3.05, 3.63) is 59.7 Å². The van der Waals surface area contributed by atoms with Crippen LogP contribution in [0.3, 0.4) is 0 Å². The van der Waals surface area contributed by atoms with Crippen LogP contribution < -0.4 is 14.8 Å². The van der Waals surface area contributed by atoms with Gasteiger partial charge >= 0.3 is 0 Å². The summed E-state index contributed by atoms with van der Waals surface area (Å²) in [6.07, 6.45) is 5.25. The maximum absolute atomic E-state index is 5.94. The quantitative estimate of drug-likeness (QED) is 0.727. The molecule has 0 spiro atoms. The lowest BCUT2D eigenvalue weighted by Gasteiger charge is -2.19.